The number of carbonyl (C=O) groups is 1. The normalized spacial score (nSPS) is 11.4. The summed E-state index contributed by atoms with van der Waals surface area (Å²) in [6, 6.07) is 14.7. The number of non-ortho nitro benzene ring substituents is 1. The molecule has 0 unspecified atom stereocenters. The van der Waals surface area contributed by atoms with Gasteiger partial charge in [-0.2, -0.15) is 10.1 Å². The minimum atomic E-state index is -0.480. The van der Waals surface area contributed by atoms with E-state index < -0.39 is 10.8 Å². The van der Waals surface area contributed by atoms with E-state index >= 15 is 0 Å². The largest absolute Gasteiger partial charge is 0.497 e. The smallest absolute Gasteiger partial charge is 0.273 e. The zero-order valence-corrected chi connectivity index (χ0v) is 17.6. The third-order valence-corrected chi connectivity index (χ3v) is 5.33. The van der Waals surface area contributed by atoms with Gasteiger partial charge < -0.3 is 9.15 Å². The zero-order valence-electron chi connectivity index (χ0n) is 16.7. The van der Waals surface area contributed by atoms with Crippen molar-refractivity contribution in [1.29, 1.82) is 0 Å². The average Bonchev–Trinajstić information content (AvgIpc) is 3.47. The number of anilines is 1. The Morgan fingerprint density at radius 2 is 2.06 bits per heavy atom. The van der Waals surface area contributed by atoms with E-state index in [4.69, 9.17) is 9.15 Å². The highest BCUT2D eigenvalue weighted by Crippen LogP contribution is 2.32. The van der Waals surface area contributed by atoms with Crippen LogP contribution < -0.4 is 9.75 Å². The van der Waals surface area contributed by atoms with Crippen LogP contribution in [0.3, 0.4) is 0 Å². The lowest BCUT2D eigenvalue weighted by molar-refractivity contribution is -0.384. The minimum Gasteiger partial charge on any atom is -0.497 e. The second-order valence-electron chi connectivity index (χ2n) is 6.42. The molecule has 9 nitrogen and oxygen atoms in total. The molecule has 0 aliphatic carbocycles. The highest BCUT2D eigenvalue weighted by molar-refractivity contribution is 7.22. The van der Waals surface area contributed by atoms with Crippen molar-refractivity contribution in [3.05, 3.63) is 88.4 Å². The first-order chi connectivity index (χ1) is 15.5. The number of benzene rings is 2. The maximum absolute atomic E-state index is 13.0. The number of nitrogens with zero attached hydrogens (tertiary/aromatic N) is 4. The first-order valence-electron chi connectivity index (χ1n) is 9.32. The Balaban J connectivity index is 1.64. The Morgan fingerprint density at radius 1 is 1.25 bits per heavy atom. The monoisotopic (exact) mass is 448 g/mol. The van der Waals surface area contributed by atoms with Crippen LogP contribution in [0.25, 0.3) is 16.3 Å². The highest BCUT2D eigenvalue weighted by Gasteiger charge is 2.18. The number of rotatable bonds is 7. The fourth-order valence-electron chi connectivity index (χ4n) is 2.74. The molecule has 4 rings (SSSR count). The van der Waals surface area contributed by atoms with Gasteiger partial charge in [-0.05, 0) is 54.1 Å². The minimum absolute atomic E-state index is 0.0249. The predicted octanol–water partition coefficient (Wildman–Crippen LogP) is 4.89. The third-order valence-electron chi connectivity index (χ3n) is 4.34. The summed E-state index contributed by atoms with van der Waals surface area (Å²) in [5.41, 5.74) is 1.31. The molecule has 2 aromatic carbocycles. The van der Waals surface area contributed by atoms with Gasteiger partial charge in [0.05, 0.1) is 34.7 Å². The molecule has 0 atom stereocenters. The molecule has 4 aromatic rings. The van der Waals surface area contributed by atoms with Crippen LogP contribution in [-0.4, -0.2) is 29.1 Å². The molecular weight excluding hydrogens is 432 g/mol. The van der Waals surface area contributed by atoms with Gasteiger partial charge in [0, 0.05) is 18.2 Å². The van der Waals surface area contributed by atoms with Crippen LogP contribution in [-0.2, 0) is 4.79 Å². The number of thiazole rings is 1. The molecule has 0 aliphatic heterocycles. The van der Waals surface area contributed by atoms with Crippen molar-refractivity contribution in [2.24, 2.45) is 5.10 Å². The SMILES string of the molecule is COc1ccc2nc(N(/N=C/c3ccco3)C(=O)/C=C/c3ccc([N+](=O)[O-])cc3)sc2c1. The maximum Gasteiger partial charge on any atom is 0.273 e. The number of nitro groups is 1. The summed E-state index contributed by atoms with van der Waals surface area (Å²) in [4.78, 5) is 27.8. The molecule has 0 radical (unpaired) electrons. The lowest BCUT2D eigenvalue weighted by Gasteiger charge is -2.10. The van der Waals surface area contributed by atoms with Gasteiger partial charge in [-0.3, -0.25) is 14.9 Å². The Bertz CT molecular complexity index is 1310. The van der Waals surface area contributed by atoms with Crippen molar-refractivity contribution in [3.63, 3.8) is 0 Å². The fraction of sp³-hybridized carbons (Fsp3) is 0.0455. The Hall–Kier alpha value is -4.31. The molecule has 0 N–H and O–H groups in total. The lowest BCUT2D eigenvalue weighted by Crippen LogP contribution is -2.23. The van der Waals surface area contributed by atoms with E-state index in [0.29, 0.717) is 27.7 Å². The van der Waals surface area contributed by atoms with Crippen LogP contribution in [0.4, 0.5) is 10.8 Å². The molecule has 0 saturated heterocycles. The van der Waals surface area contributed by atoms with Gasteiger partial charge in [-0.15, -0.1) is 0 Å². The van der Waals surface area contributed by atoms with E-state index in [-0.39, 0.29) is 5.69 Å². The number of hydrogen-bond acceptors (Lipinski definition) is 8. The maximum atomic E-state index is 13.0. The Morgan fingerprint density at radius 3 is 2.75 bits per heavy atom. The number of nitro benzene ring substituents is 1. The summed E-state index contributed by atoms with van der Waals surface area (Å²) < 4.78 is 11.3. The van der Waals surface area contributed by atoms with Gasteiger partial charge in [0.1, 0.15) is 11.5 Å². The molecular formula is C22H16N4O5S. The quantitative estimate of drug-likeness (QED) is 0.172. The number of ether oxygens (including phenoxy) is 1. The van der Waals surface area contributed by atoms with Gasteiger partial charge in [-0.25, -0.2) is 4.98 Å². The summed E-state index contributed by atoms with van der Waals surface area (Å²) >= 11 is 1.29. The molecule has 2 heterocycles. The molecule has 32 heavy (non-hydrogen) atoms. The number of carbonyl (C=O) groups excluding carboxylic acids is 1. The van der Waals surface area contributed by atoms with Gasteiger partial charge in [0.2, 0.25) is 5.13 Å². The Kier molecular flexibility index (Phi) is 6.04. The predicted molar refractivity (Wildman–Crippen MR) is 122 cm³/mol. The van der Waals surface area contributed by atoms with E-state index in [0.717, 1.165) is 4.70 Å². The zero-order chi connectivity index (χ0) is 22.5. The van der Waals surface area contributed by atoms with E-state index in [1.165, 1.54) is 47.0 Å². The highest BCUT2D eigenvalue weighted by atomic mass is 32.1. The van der Waals surface area contributed by atoms with E-state index in [9.17, 15) is 14.9 Å². The van der Waals surface area contributed by atoms with Crippen molar-refractivity contribution in [1.82, 2.24) is 4.98 Å². The van der Waals surface area contributed by atoms with Gasteiger partial charge in [0.15, 0.2) is 0 Å². The molecule has 0 saturated carbocycles. The molecule has 10 heteroatoms. The summed E-state index contributed by atoms with van der Waals surface area (Å²) in [7, 11) is 1.58. The van der Waals surface area contributed by atoms with Crippen molar-refractivity contribution < 1.29 is 18.9 Å². The molecule has 0 fully saturated rings. The van der Waals surface area contributed by atoms with E-state index in [1.54, 1.807) is 49.6 Å². The average molecular weight is 448 g/mol. The van der Waals surface area contributed by atoms with Crippen LogP contribution in [0.5, 0.6) is 5.75 Å². The van der Waals surface area contributed by atoms with Crippen LogP contribution in [0.2, 0.25) is 0 Å². The topological polar surface area (TPSA) is 111 Å². The summed E-state index contributed by atoms with van der Waals surface area (Å²) in [5, 5.41) is 16.6. The molecule has 160 valence electrons. The second kappa shape index (κ2) is 9.23. The van der Waals surface area contributed by atoms with Crippen molar-refractivity contribution in [2.45, 2.75) is 0 Å². The number of methoxy groups -OCH3 is 1. The van der Waals surface area contributed by atoms with Gasteiger partial charge >= 0.3 is 0 Å². The fourth-order valence-corrected chi connectivity index (χ4v) is 3.69. The van der Waals surface area contributed by atoms with Crippen LogP contribution in [0.15, 0.2) is 76.5 Å². The van der Waals surface area contributed by atoms with Crippen LogP contribution in [0, 0.1) is 10.1 Å². The summed E-state index contributed by atoms with van der Waals surface area (Å²) in [5.74, 6) is 0.713. The molecule has 1 amide bonds. The van der Waals surface area contributed by atoms with E-state index in [1.807, 2.05) is 6.07 Å². The number of fused-ring (bicyclic) bond motifs is 1. The summed E-state index contributed by atoms with van der Waals surface area (Å²) in [6.07, 6.45) is 5.81. The molecule has 2 aromatic heterocycles. The Labute approximate surface area is 186 Å². The van der Waals surface area contributed by atoms with Crippen LogP contribution >= 0.6 is 11.3 Å². The number of furan rings is 1. The lowest BCUT2D eigenvalue weighted by atomic mass is 10.2. The van der Waals surface area contributed by atoms with Crippen molar-refractivity contribution >= 4 is 50.6 Å². The van der Waals surface area contributed by atoms with E-state index in [2.05, 4.69) is 10.1 Å². The third kappa shape index (κ3) is 4.71. The number of amides is 1. The van der Waals surface area contributed by atoms with Gasteiger partial charge in [0.25, 0.3) is 11.6 Å². The van der Waals surface area contributed by atoms with Gasteiger partial charge in [-0.1, -0.05) is 11.3 Å². The first kappa shape index (κ1) is 20.9. The standard InChI is InChI=1S/C22H16N4O5S/c1-30-17-9-10-19-20(13-17)32-22(24-19)25(23-14-18-3-2-12-31-18)21(27)11-6-15-4-7-16(8-5-15)26(28)29/h2-14H,1H3/b11-6+,23-14+. The number of aromatic nitrogens is 1. The summed E-state index contributed by atoms with van der Waals surface area (Å²) in [6.45, 7) is 0. The van der Waals surface area contributed by atoms with Crippen LogP contribution in [0.1, 0.15) is 11.3 Å². The first-order valence-corrected chi connectivity index (χ1v) is 10.1. The van der Waals surface area contributed by atoms with Crippen molar-refractivity contribution in [3.8, 4) is 5.75 Å². The second-order valence-corrected chi connectivity index (χ2v) is 7.43. The van der Waals surface area contributed by atoms with Crippen molar-refractivity contribution in [2.75, 3.05) is 12.1 Å². The number of hydrogen-bond donors (Lipinski definition) is 0. The molecule has 0 spiro atoms. The molecule has 0 bridgehead atoms. The number of hydrazone groups is 1. The molecule has 0 aliphatic rings.